The molecule has 0 radical (unpaired) electrons. The summed E-state index contributed by atoms with van der Waals surface area (Å²) in [5.74, 6) is -0.233. The second kappa shape index (κ2) is 6.96. The Morgan fingerprint density at radius 1 is 1.10 bits per heavy atom. The highest BCUT2D eigenvalue weighted by molar-refractivity contribution is 6.30. The van der Waals surface area contributed by atoms with Crippen LogP contribution in [-0.4, -0.2) is 5.97 Å². The Morgan fingerprint density at radius 2 is 1.75 bits per heavy atom. The van der Waals surface area contributed by atoms with Crippen LogP contribution in [0, 0.1) is 5.92 Å². The van der Waals surface area contributed by atoms with Gasteiger partial charge in [-0.1, -0.05) is 48.9 Å². The molecule has 2 aromatic rings. The number of carbonyl (C=O) groups is 1. The SMILES string of the molecule is CC(Cc1ccccc1)C(=O)OOc1ccc(Cl)cc1. The number of halogens is 1. The van der Waals surface area contributed by atoms with Crippen molar-refractivity contribution in [3.63, 3.8) is 0 Å². The summed E-state index contributed by atoms with van der Waals surface area (Å²) in [6.45, 7) is 1.81. The van der Waals surface area contributed by atoms with E-state index in [-0.39, 0.29) is 5.92 Å². The van der Waals surface area contributed by atoms with Crippen molar-refractivity contribution in [3.05, 3.63) is 65.2 Å². The molecular weight excluding hydrogens is 276 g/mol. The Balaban J connectivity index is 1.83. The van der Waals surface area contributed by atoms with Crippen molar-refractivity contribution in [1.82, 2.24) is 0 Å². The van der Waals surface area contributed by atoms with Crippen LogP contribution in [0.3, 0.4) is 0 Å². The van der Waals surface area contributed by atoms with E-state index in [4.69, 9.17) is 21.4 Å². The molecule has 2 rings (SSSR count). The highest BCUT2D eigenvalue weighted by Crippen LogP contribution is 2.17. The average Bonchev–Trinajstić information content (AvgIpc) is 2.47. The summed E-state index contributed by atoms with van der Waals surface area (Å²) in [6.07, 6.45) is 0.615. The van der Waals surface area contributed by atoms with E-state index in [0.717, 1.165) is 5.56 Å². The fourth-order valence-electron chi connectivity index (χ4n) is 1.71. The third-order valence-electron chi connectivity index (χ3n) is 2.82. The van der Waals surface area contributed by atoms with E-state index in [1.54, 1.807) is 31.2 Å². The Bertz CT molecular complexity index is 552. The summed E-state index contributed by atoms with van der Waals surface area (Å²) in [7, 11) is 0. The molecule has 0 saturated heterocycles. The van der Waals surface area contributed by atoms with Crippen molar-refractivity contribution in [2.75, 3.05) is 0 Å². The van der Waals surface area contributed by atoms with Crippen LogP contribution in [0.15, 0.2) is 54.6 Å². The largest absolute Gasteiger partial charge is 0.358 e. The second-order valence-corrected chi connectivity index (χ2v) is 4.97. The minimum Gasteiger partial charge on any atom is -0.287 e. The van der Waals surface area contributed by atoms with Gasteiger partial charge in [0.2, 0.25) is 0 Å². The van der Waals surface area contributed by atoms with Gasteiger partial charge in [-0.05, 0) is 36.2 Å². The third-order valence-corrected chi connectivity index (χ3v) is 3.07. The van der Waals surface area contributed by atoms with Crippen molar-refractivity contribution in [3.8, 4) is 5.75 Å². The van der Waals surface area contributed by atoms with Gasteiger partial charge < -0.3 is 0 Å². The number of carbonyl (C=O) groups excluding carboxylic acids is 1. The van der Waals surface area contributed by atoms with E-state index in [9.17, 15) is 4.79 Å². The van der Waals surface area contributed by atoms with Crippen molar-refractivity contribution in [1.29, 1.82) is 0 Å². The van der Waals surface area contributed by atoms with E-state index < -0.39 is 5.97 Å². The maximum Gasteiger partial charge on any atom is 0.358 e. The molecule has 0 heterocycles. The van der Waals surface area contributed by atoms with E-state index in [1.807, 2.05) is 30.3 Å². The van der Waals surface area contributed by atoms with Crippen LogP contribution < -0.4 is 4.89 Å². The lowest BCUT2D eigenvalue weighted by Gasteiger charge is -2.10. The maximum absolute atomic E-state index is 11.8. The predicted octanol–water partition coefficient (Wildman–Crippen LogP) is 4.06. The summed E-state index contributed by atoms with van der Waals surface area (Å²) < 4.78 is 0. The monoisotopic (exact) mass is 290 g/mol. The molecule has 0 aliphatic carbocycles. The number of hydrogen-bond acceptors (Lipinski definition) is 3. The molecule has 1 atom stereocenters. The number of rotatable bonds is 5. The van der Waals surface area contributed by atoms with E-state index in [2.05, 4.69) is 0 Å². The minimum atomic E-state index is -0.399. The average molecular weight is 291 g/mol. The zero-order chi connectivity index (χ0) is 14.4. The van der Waals surface area contributed by atoms with Gasteiger partial charge >= 0.3 is 5.97 Å². The van der Waals surface area contributed by atoms with Crippen molar-refractivity contribution < 1.29 is 14.6 Å². The molecule has 104 valence electrons. The van der Waals surface area contributed by atoms with Crippen LogP contribution in [0.2, 0.25) is 5.02 Å². The summed E-state index contributed by atoms with van der Waals surface area (Å²) in [6, 6.07) is 16.4. The topological polar surface area (TPSA) is 35.5 Å². The smallest absolute Gasteiger partial charge is 0.287 e. The summed E-state index contributed by atoms with van der Waals surface area (Å²) >= 11 is 5.75. The molecule has 4 heteroatoms. The molecule has 3 nitrogen and oxygen atoms in total. The third kappa shape index (κ3) is 4.28. The zero-order valence-corrected chi connectivity index (χ0v) is 11.8. The summed E-state index contributed by atoms with van der Waals surface area (Å²) in [4.78, 5) is 21.6. The molecule has 0 aromatic heterocycles. The first-order valence-electron chi connectivity index (χ1n) is 6.33. The molecule has 0 fully saturated rings. The van der Waals surface area contributed by atoms with Crippen LogP contribution in [0.25, 0.3) is 0 Å². The first-order valence-corrected chi connectivity index (χ1v) is 6.71. The normalized spacial score (nSPS) is 11.7. The van der Waals surface area contributed by atoms with Crippen molar-refractivity contribution in [2.45, 2.75) is 13.3 Å². The van der Waals surface area contributed by atoms with Gasteiger partial charge in [-0.2, -0.15) is 0 Å². The Labute approximate surface area is 123 Å². The molecule has 0 spiro atoms. The zero-order valence-electron chi connectivity index (χ0n) is 11.1. The highest BCUT2D eigenvalue weighted by Gasteiger charge is 2.17. The minimum absolute atomic E-state index is 0.273. The molecule has 20 heavy (non-hydrogen) atoms. The van der Waals surface area contributed by atoms with Gasteiger partial charge in [-0.3, -0.25) is 9.78 Å². The summed E-state index contributed by atoms with van der Waals surface area (Å²) in [5, 5.41) is 0.598. The van der Waals surface area contributed by atoms with Gasteiger partial charge in [-0.25, -0.2) is 4.79 Å². The molecule has 0 aliphatic heterocycles. The molecule has 0 saturated carbocycles. The van der Waals surface area contributed by atoms with Crippen LogP contribution in [0.4, 0.5) is 0 Å². The standard InChI is InChI=1S/C16H15ClO3/c1-12(11-13-5-3-2-4-6-13)16(18)20-19-15-9-7-14(17)8-10-15/h2-10,12H,11H2,1H3. The van der Waals surface area contributed by atoms with Gasteiger partial charge in [0.05, 0.1) is 5.92 Å². The fraction of sp³-hybridized carbons (Fsp3) is 0.188. The Kier molecular flexibility index (Phi) is 5.02. The summed E-state index contributed by atoms with van der Waals surface area (Å²) in [5.41, 5.74) is 1.09. The molecule has 0 N–H and O–H groups in total. The van der Waals surface area contributed by atoms with Gasteiger partial charge in [0, 0.05) is 5.02 Å². The molecule has 0 aliphatic rings. The van der Waals surface area contributed by atoms with Gasteiger partial charge in [-0.15, -0.1) is 0 Å². The highest BCUT2D eigenvalue weighted by atomic mass is 35.5. The van der Waals surface area contributed by atoms with E-state index in [1.165, 1.54) is 0 Å². The number of hydrogen-bond donors (Lipinski definition) is 0. The van der Waals surface area contributed by atoms with Crippen LogP contribution in [0.5, 0.6) is 5.75 Å². The first-order chi connectivity index (χ1) is 9.65. The van der Waals surface area contributed by atoms with E-state index in [0.29, 0.717) is 17.2 Å². The second-order valence-electron chi connectivity index (χ2n) is 4.53. The van der Waals surface area contributed by atoms with E-state index >= 15 is 0 Å². The lowest BCUT2D eigenvalue weighted by atomic mass is 10.0. The molecule has 0 bridgehead atoms. The lowest BCUT2D eigenvalue weighted by molar-refractivity contribution is -0.218. The van der Waals surface area contributed by atoms with Crippen LogP contribution in [0.1, 0.15) is 12.5 Å². The first kappa shape index (κ1) is 14.4. The van der Waals surface area contributed by atoms with Gasteiger partial charge in [0.25, 0.3) is 0 Å². The maximum atomic E-state index is 11.8. The molecule has 0 amide bonds. The molecule has 1 unspecified atom stereocenters. The van der Waals surface area contributed by atoms with Crippen molar-refractivity contribution >= 4 is 17.6 Å². The van der Waals surface area contributed by atoms with Crippen LogP contribution >= 0.6 is 11.6 Å². The Morgan fingerprint density at radius 3 is 2.40 bits per heavy atom. The van der Waals surface area contributed by atoms with Crippen LogP contribution in [-0.2, 0) is 16.1 Å². The molecule has 2 aromatic carbocycles. The Hall–Kier alpha value is -2.00. The predicted molar refractivity (Wildman–Crippen MR) is 77.5 cm³/mol. The quantitative estimate of drug-likeness (QED) is 0.615. The van der Waals surface area contributed by atoms with Gasteiger partial charge in [0.1, 0.15) is 0 Å². The van der Waals surface area contributed by atoms with Crippen molar-refractivity contribution in [2.24, 2.45) is 5.92 Å². The molecular formula is C16H15ClO3. The van der Waals surface area contributed by atoms with Gasteiger partial charge in [0.15, 0.2) is 5.75 Å². The lowest BCUT2D eigenvalue weighted by Crippen LogP contribution is -2.18. The fourth-order valence-corrected chi connectivity index (χ4v) is 1.84. The number of benzene rings is 2.